The van der Waals surface area contributed by atoms with E-state index in [0.29, 0.717) is 38.5 Å². The molecule has 0 bridgehead atoms. The molecule has 17 nitrogen and oxygen atoms in total. The number of esters is 4. The SMILES string of the molecule is CC/C=C\C/C=C\C/C=C\C/C=C\C/C=C\CCCC(=O)OCC(COP(=O)(O)OCC(O)COP(=O)(O)OCC(COC(=O)CCCCCCCCC/C=C\C/C=C\C/C=C\CC)OC(=O)CCCCCCC/C=C\CCCC)OC(=O)CCCC/C=C\C/C=C\C/C=C\C/C=C\CC. The zero-order chi connectivity index (χ0) is 73.2. The number of hydrogen-bond acceptors (Lipinski definition) is 15. The molecule has 0 aromatic carbocycles. The van der Waals surface area contributed by atoms with E-state index in [1.807, 2.05) is 12.2 Å². The molecule has 0 aromatic heterocycles. The summed E-state index contributed by atoms with van der Waals surface area (Å²) < 4.78 is 68.3. The highest BCUT2D eigenvalue weighted by Crippen LogP contribution is 2.45. The highest BCUT2D eigenvalue weighted by Gasteiger charge is 2.30. The van der Waals surface area contributed by atoms with Gasteiger partial charge in [-0.15, -0.1) is 0 Å². The summed E-state index contributed by atoms with van der Waals surface area (Å²) in [6.45, 7) is 4.33. The molecule has 0 spiro atoms. The van der Waals surface area contributed by atoms with Crippen LogP contribution in [0.5, 0.6) is 0 Å². The largest absolute Gasteiger partial charge is 0.472 e. The van der Waals surface area contributed by atoms with E-state index in [9.17, 15) is 43.2 Å². The number of aliphatic hydroxyl groups excluding tert-OH is 1. The van der Waals surface area contributed by atoms with E-state index in [-0.39, 0.29) is 25.7 Å². The zero-order valence-corrected chi connectivity index (χ0v) is 63.6. The maximum atomic E-state index is 13.1. The minimum Gasteiger partial charge on any atom is -0.462 e. The van der Waals surface area contributed by atoms with Crippen molar-refractivity contribution in [1.29, 1.82) is 0 Å². The lowest BCUT2D eigenvalue weighted by molar-refractivity contribution is -0.161. The van der Waals surface area contributed by atoms with Gasteiger partial charge in [0.1, 0.15) is 19.3 Å². The first-order chi connectivity index (χ1) is 48.7. The maximum Gasteiger partial charge on any atom is 0.472 e. The molecule has 0 aliphatic rings. The predicted octanol–water partition coefficient (Wildman–Crippen LogP) is 21.7. The van der Waals surface area contributed by atoms with Crippen LogP contribution in [-0.4, -0.2) is 96.7 Å². The number of allylic oxidation sites excluding steroid dienone is 26. The van der Waals surface area contributed by atoms with Crippen LogP contribution in [0.15, 0.2) is 158 Å². The zero-order valence-electron chi connectivity index (χ0n) is 61.8. The fourth-order valence-electron chi connectivity index (χ4n) is 9.30. The van der Waals surface area contributed by atoms with Gasteiger partial charge in [0.15, 0.2) is 12.2 Å². The van der Waals surface area contributed by atoms with Crippen molar-refractivity contribution in [3.63, 3.8) is 0 Å². The average molecular weight is 1440 g/mol. The van der Waals surface area contributed by atoms with Gasteiger partial charge in [0.2, 0.25) is 0 Å². The Morgan fingerprint density at radius 3 is 0.870 bits per heavy atom. The summed E-state index contributed by atoms with van der Waals surface area (Å²) in [6, 6.07) is 0. The first-order valence-corrected chi connectivity index (χ1v) is 40.7. The minimum absolute atomic E-state index is 0.0250. The summed E-state index contributed by atoms with van der Waals surface area (Å²) in [7, 11) is -9.99. The maximum absolute atomic E-state index is 13.1. The van der Waals surface area contributed by atoms with Gasteiger partial charge in [-0.05, 0) is 154 Å². The summed E-state index contributed by atoms with van der Waals surface area (Å²) in [4.78, 5) is 72.8. The number of phosphoric ester groups is 2. The van der Waals surface area contributed by atoms with Crippen molar-refractivity contribution in [3.05, 3.63) is 158 Å². The van der Waals surface area contributed by atoms with E-state index in [4.69, 9.17) is 37.0 Å². The summed E-state index contributed by atoms with van der Waals surface area (Å²) in [5.74, 6) is -2.32. The van der Waals surface area contributed by atoms with Crippen LogP contribution in [0, 0.1) is 0 Å². The number of carbonyl (C=O) groups excluding carboxylic acids is 4. The monoisotopic (exact) mass is 1440 g/mol. The Morgan fingerprint density at radius 2 is 0.530 bits per heavy atom. The molecule has 0 radical (unpaired) electrons. The molecule has 0 rings (SSSR count). The molecule has 0 fully saturated rings. The van der Waals surface area contributed by atoms with E-state index in [1.165, 1.54) is 12.8 Å². The van der Waals surface area contributed by atoms with Crippen molar-refractivity contribution in [2.75, 3.05) is 39.6 Å². The number of carbonyl (C=O) groups is 4. The highest BCUT2D eigenvalue weighted by atomic mass is 31.2. The van der Waals surface area contributed by atoms with Gasteiger partial charge in [-0.3, -0.25) is 37.3 Å². The average Bonchev–Trinajstić information content (AvgIpc) is 1.02. The van der Waals surface area contributed by atoms with Crippen molar-refractivity contribution in [2.45, 2.75) is 290 Å². The van der Waals surface area contributed by atoms with Crippen LogP contribution in [-0.2, 0) is 65.4 Å². The summed E-state index contributed by atoms with van der Waals surface area (Å²) in [6.07, 6.45) is 82.6. The molecule has 5 atom stereocenters. The number of aliphatic hydroxyl groups is 1. The van der Waals surface area contributed by atoms with Gasteiger partial charge in [0.25, 0.3) is 0 Å². The van der Waals surface area contributed by atoms with Crippen LogP contribution in [0.3, 0.4) is 0 Å². The summed E-state index contributed by atoms with van der Waals surface area (Å²) >= 11 is 0. The lowest BCUT2D eigenvalue weighted by atomic mass is 10.1. The Bertz CT molecular complexity index is 2520. The highest BCUT2D eigenvalue weighted by molar-refractivity contribution is 7.47. The summed E-state index contributed by atoms with van der Waals surface area (Å²) in [5, 5.41) is 10.6. The van der Waals surface area contributed by atoms with Crippen molar-refractivity contribution < 1.29 is 80.2 Å². The molecular weight excluding hydrogens is 1310 g/mol. The Morgan fingerprint density at radius 1 is 0.290 bits per heavy atom. The molecule has 0 amide bonds. The number of phosphoric acid groups is 2. The fraction of sp³-hybridized carbons (Fsp3) is 0.630. The van der Waals surface area contributed by atoms with Gasteiger partial charge >= 0.3 is 39.5 Å². The Balaban J connectivity index is 5.43. The Kier molecular flexibility index (Phi) is 68.2. The third-order valence-corrected chi connectivity index (χ3v) is 16.9. The summed E-state index contributed by atoms with van der Waals surface area (Å²) in [5.41, 5.74) is 0. The second kappa shape index (κ2) is 72.0. The molecule has 100 heavy (non-hydrogen) atoms. The molecule has 5 unspecified atom stereocenters. The Hall–Kier alpha value is -5.32. The number of ether oxygens (including phenoxy) is 4. The van der Waals surface area contributed by atoms with Crippen LogP contribution in [0.25, 0.3) is 0 Å². The number of unbranched alkanes of at least 4 members (excludes halogenated alkanes) is 17. The van der Waals surface area contributed by atoms with E-state index < -0.39 is 97.5 Å². The molecule has 0 aliphatic carbocycles. The van der Waals surface area contributed by atoms with Crippen LogP contribution >= 0.6 is 15.6 Å². The molecule has 0 aromatic rings. The van der Waals surface area contributed by atoms with Crippen molar-refractivity contribution in [1.82, 2.24) is 0 Å². The van der Waals surface area contributed by atoms with Crippen molar-refractivity contribution >= 4 is 39.5 Å². The third kappa shape index (κ3) is 71.1. The van der Waals surface area contributed by atoms with Gasteiger partial charge in [-0.1, -0.05) is 250 Å². The number of rotatable bonds is 69. The van der Waals surface area contributed by atoms with Gasteiger partial charge in [0, 0.05) is 25.7 Å². The van der Waals surface area contributed by atoms with Crippen molar-refractivity contribution in [2.24, 2.45) is 0 Å². The fourth-order valence-corrected chi connectivity index (χ4v) is 10.9. The van der Waals surface area contributed by atoms with E-state index in [2.05, 4.69) is 174 Å². The minimum atomic E-state index is -5.00. The van der Waals surface area contributed by atoms with Gasteiger partial charge < -0.3 is 33.8 Å². The van der Waals surface area contributed by atoms with Gasteiger partial charge in [0.05, 0.1) is 26.4 Å². The second-order valence-electron chi connectivity index (χ2n) is 24.4. The quantitative estimate of drug-likeness (QED) is 0.0169. The van der Waals surface area contributed by atoms with Crippen LogP contribution < -0.4 is 0 Å². The molecule has 568 valence electrons. The molecule has 0 saturated heterocycles. The smallest absolute Gasteiger partial charge is 0.462 e. The first kappa shape index (κ1) is 94.7. The lowest BCUT2D eigenvalue weighted by Crippen LogP contribution is -2.30. The topological polar surface area (TPSA) is 237 Å². The predicted molar refractivity (Wildman–Crippen MR) is 408 cm³/mol. The lowest BCUT2D eigenvalue weighted by Gasteiger charge is -2.21. The normalized spacial score (nSPS) is 14.8. The standard InChI is InChI=1S/C81H132O17P2/c1-5-9-13-17-21-25-29-32-35-37-40-42-46-49-53-57-61-65-78(83)91-71-76(97-80(85)67-63-59-55-51-45-28-24-20-16-12-8-4)73-95-99(87,88)93-69-75(82)70-94-100(89,90)96-74-77(98-81(86)68-64-60-56-52-48-44-39-34-31-27-23-19-15-11-7-3)72-92-79(84)66-62-58-54-50-47-43-41-38-36-33-30-26-22-18-14-10-6-2/h9-11,13-15,20-27,32-36,39,41,43,48,50,52,54,75-77,82H,5-8,12,16-19,28-31,37-38,40,42,44-47,49,51,53,55-74H2,1-4H3,(H,87,88)(H,89,90)/b13-9-,14-10-,15-11-,24-20-,25-21-,26-22-,27-23-,35-32-,36-33-,39-34-,43-41-,52-48-,54-50-. The molecule has 0 saturated carbocycles. The van der Waals surface area contributed by atoms with Crippen LogP contribution in [0.1, 0.15) is 272 Å². The van der Waals surface area contributed by atoms with E-state index >= 15 is 0 Å². The molecule has 0 aliphatic heterocycles. The van der Waals surface area contributed by atoms with Gasteiger partial charge in [-0.25, -0.2) is 9.13 Å². The van der Waals surface area contributed by atoms with Crippen molar-refractivity contribution in [3.8, 4) is 0 Å². The van der Waals surface area contributed by atoms with E-state index in [1.54, 1.807) is 0 Å². The second-order valence-corrected chi connectivity index (χ2v) is 27.3. The molecule has 3 N–H and O–H groups in total. The number of hydrogen-bond donors (Lipinski definition) is 3. The van der Waals surface area contributed by atoms with Gasteiger partial charge in [-0.2, -0.15) is 0 Å². The van der Waals surface area contributed by atoms with Crippen LogP contribution in [0.2, 0.25) is 0 Å². The van der Waals surface area contributed by atoms with Crippen LogP contribution in [0.4, 0.5) is 0 Å². The molecule has 0 heterocycles. The molecular formula is C81H132O17P2. The Labute approximate surface area is 604 Å². The molecule has 19 heteroatoms. The first-order valence-electron chi connectivity index (χ1n) is 37.7. The third-order valence-electron chi connectivity index (χ3n) is 15.0. The van der Waals surface area contributed by atoms with E-state index in [0.717, 1.165) is 167 Å².